The number of halogens is 2. The van der Waals surface area contributed by atoms with Crippen molar-refractivity contribution in [3.63, 3.8) is 0 Å². The van der Waals surface area contributed by atoms with Crippen LogP contribution in [-0.4, -0.2) is 44.4 Å². The van der Waals surface area contributed by atoms with E-state index in [0.717, 1.165) is 18.5 Å². The van der Waals surface area contributed by atoms with E-state index in [9.17, 15) is 4.79 Å². The van der Waals surface area contributed by atoms with Crippen LogP contribution < -0.4 is 10.5 Å². The lowest BCUT2D eigenvalue weighted by Gasteiger charge is -2.24. The number of nitrogen functional groups attached to an aromatic ring is 1. The number of imidazole rings is 1. The van der Waals surface area contributed by atoms with E-state index < -0.39 is 11.7 Å². The van der Waals surface area contributed by atoms with Crippen LogP contribution in [0.25, 0.3) is 5.52 Å². The van der Waals surface area contributed by atoms with Crippen molar-refractivity contribution in [2.45, 2.75) is 52.6 Å². The monoisotopic (exact) mass is 459 g/mol. The topological polar surface area (TPSA) is 85.8 Å². The predicted octanol–water partition coefficient (Wildman–Crippen LogP) is 4.59. The Morgan fingerprint density at radius 3 is 2.62 bits per heavy atom. The molecular formula is C23H27ClFN5O2. The van der Waals surface area contributed by atoms with Crippen LogP contribution in [0.4, 0.5) is 10.2 Å². The fourth-order valence-corrected chi connectivity index (χ4v) is 4.51. The van der Waals surface area contributed by atoms with Crippen LogP contribution in [0.1, 0.15) is 67.0 Å². The number of hydrogen-bond donors (Lipinski definition) is 1. The molecule has 1 atom stereocenters. The highest BCUT2D eigenvalue weighted by molar-refractivity contribution is 6.31. The molecule has 32 heavy (non-hydrogen) atoms. The molecule has 4 rings (SSSR count). The van der Waals surface area contributed by atoms with Crippen molar-refractivity contribution in [1.82, 2.24) is 19.3 Å². The second-order valence-electron chi connectivity index (χ2n) is 8.44. The number of nitrogens with zero attached hydrogens (tertiary/aromatic N) is 4. The number of carbonyl (C=O) groups is 1. The first-order valence-electron chi connectivity index (χ1n) is 10.8. The van der Waals surface area contributed by atoms with Gasteiger partial charge in [-0.3, -0.25) is 9.20 Å². The summed E-state index contributed by atoms with van der Waals surface area (Å²) in [6.07, 6.45) is 4.90. The highest BCUT2D eigenvalue weighted by atomic mass is 35.5. The highest BCUT2D eigenvalue weighted by Gasteiger charge is 2.32. The standard InChI is InChI=1S/C23H27ClFN5O2/c1-12(2)32-20-15(11-16(24)18(25)17(20)23(31)29-8-5-6-9-29)13(3)22-28-14(4)19-21(26)27-7-10-30(19)22/h7,10-13H,5-6,8-9H2,1-4H3,(H2,26,27). The number of hydrogen-bond acceptors (Lipinski definition) is 5. The number of likely N-dealkylation sites (tertiary alicyclic amines) is 1. The normalized spacial score (nSPS) is 15.0. The van der Waals surface area contributed by atoms with Crippen LogP contribution in [-0.2, 0) is 0 Å². The van der Waals surface area contributed by atoms with Crippen molar-refractivity contribution in [2.24, 2.45) is 0 Å². The zero-order chi connectivity index (χ0) is 23.2. The van der Waals surface area contributed by atoms with Crippen LogP contribution in [0.3, 0.4) is 0 Å². The Morgan fingerprint density at radius 1 is 1.28 bits per heavy atom. The molecule has 170 valence electrons. The molecule has 7 nitrogen and oxygen atoms in total. The van der Waals surface area contributed by atoms with Crippen molar-refractivity contribution in [1.29, 1.82) is 0 Å². The smallest absolute Gasteiger partial charge is 0.260 e. The van der Waals surface area contributed by atoms with Gasteiger partial charge >= 0.3 is 0 Å². The molecule has 0 radical (unpaired) electrons. The second kappa shape index (κ2) is 8.58. The molecule has 0 saturated carbocycles. The van der Waals surface area contributed by atoms with Crippen molar-refractivity contribution < 1.29 is 13.9 Å². The van der Waals surface area contributed by atoms with Gasteiger partial charge in [0.1, 0.15) is 28.5 Å². The lowest BCUT2D eigenvalue weighted by atomic mass is 9.95. The van der Waals surface area contributed by atoms with E-state index in [0.29, 0.717) is 35.8 Å². The van der Waals surface area contributed by atoms with E-state index in [1.807, 2.05) is 32.1 Å². The Bertz CT molecular complexity index is 1190. The molecule has 3 aromatic rings. The summed E-state index contributed by atoms with van der Waals surface area (Å²) in [5.41, 5.74) is 7.98. The number of aromatic nitrogens is 3. The lowest BCUT2D eigenvalue weighted by molar-refractivity contribution is 0.0781. The first-order valence-corrected chi connectivity index (χ1v) is 11.1. The minimum absolute atomic E-state index is 0.117. The van der Waals surface area contributed by atoms with Crippen LogP contribution >= 0.6 is 11.6 Å². The molecule has 1 aromatic carbocycles. The van der Waals surface area contributed by atoms with Gasteiger partial charge in [0.2, 0.25) is 0 Å². The van der Waals surface area contributed by atoms with Gasteiger partial charge in [-0.15, -0.1) is 0 Å². The number of aryl methyl sites for hydroxylation is 1. The van der Waals surface area contributed by atoms with E-state index >= 15 is 4.39 Å². The Labute approximate surface area is 191 Å². The zero-order valence-corrected chi connectivity index (χ0v) is 19.4. The molecule has 0 spiro atoms. The summed E-state index contributed by atoms with van der Waals surface area (Å²) in [7, 11) is 0. The maximum absolute atomic E-state index is 15.3. The molecule has 2 N–H and O–H groups in total. The van der Waals surface area contributed by atoms with Crippen molar-refractivity contribution in [3.05, 3.63) is 51.9 Å². The molecule has 9 heteroatoms. The molecule has 2 aromatic heterocycles. The van der Waals surface area contributed by atoms with Crippen LogP contribution in [0.15, 0.2) is 18.5 Å². The summed E-state index contributed by atoms with van der Waals surface area (Å²) in [6.45, 7) is 8.64. The van der Waals surface area contributed by atoms with E-state index in [1.54, 1.807) is 17.3 Å². The van der Waals surface area contributed by atoms with E-state index in [4.69, 9.17) is 27.1 Å². The Morgan fingerprint density at radius 2 is 1.97 bits per heavy atom. The lowest BCUT2D eigenvalue weighted by Crippen LogP contribution is -2.30. The fraction of sp³-hybridized carbons (Fsp3) is 0.435. The first-order chi connectivity index (χ1) is 15.2. The summed E-state index contributed by atoms with van der Waals surface area (Å²) in [4.78, 5) is 23.8. The third-order valence-electron chi connectivity index (χ3n) is 5.80. The molecule has 0 bridgehead atoms. The highest BCUT2D eigenvalue weighted by Crippen LogP contribution is 2.40. The number of nitrogens with two attached hydrogens (primary N) is 1. The average Bonchev–Trinajstić information content (AvgIpc) is 3.38. The summed E-state index contributed by atoms with van der Waals surface area (Å²) in [5, 5.41) is -0.121. The van der Waals surface area contributed by atoms with Gasteiger partial charge in [-0.1, -0.05) is 18.5 Å². The summed E-state index contributed by atoms with van der Waals surface area (Å²) >= 11 is 6.30. The molecule has 1 fully saturated rings. The van der Waals surface area contributed by atoms with E-state index in [2.05, 4.69) is 4.98 Å². The van der Waals surface area contributed by atoms with E-state index in [-0.39, 0.29) is 28.4 Å². The summed E-state index contributed by atoms with van der Waals surface area (Å²) in [5.74, 6) is -0.270. The maximum Gasteiger partial charge on any atom is 0.260 e. The first kappa shape index (κ1) is 22.3. The van der Waals surface area contributed by atoms with Gasteiger partial charge in [0, 0.05) is 37.0 Å². The van der Waals surface area contributed by atoms with Crippen LogP contribution in [0, 0.1) is 12.7 Å². The molecule has 1 aliphatic rings. The minimum Gasteiger partial charge on any atom is -0.490 e. The number of fused-ring (bicyclic) bond motifs is 1. The largest absolute Gasteiger partial charge is 0.490 e. The summed E-state index contributed by atoms with van der Waals surface area (Å²) < 4.78 is 23.2. The molecule has 0 aliphatic carbocycles. The van der Waals surface area contributed by atoms with Gasteiger partial charge in [0.15, 0.2) is 5.82 Å². The second-order valence-corrected chi connectivity index (χ2v) is 8.85. The van der Waals surface area contributed by atoms with E-state index in [1.165, 1.54) is 6.07 Å². The Kier molecular flexibility index (Phi) is 5.99. The van der Waals surface area contributed by atoms with Crippen LogP contribution in [0.2, 0.25) is 5.02 Å². The minimum atomic E-state index is -0.757. The number of amides is 1. The van der Waals surface area contributed by atoms with Gasteiger partial charge in [-0.2, -0.15) is 0 Å². The van der Waals surface area contributed by atoms with Crippen LogP contribution in [0.5, 0.6) is 5.75 Å². The molecule has 3 heterocycles. The van der Waals surface area contributed by atoms with Gasteiger partial charge < -0.3 is 15.4 Å². The SMILES string of the molecule is Cc1nc(C(C)c2cc(Cl)c(F)c(C(=O)N3CCCC3)c2OC(C)C)n2ccnc(N)c12. The molecule has 1 aliphatic heterocycles. The third kappa shape index (κ3) is 3.77. The Hall–Kier alpha value is -2.87. The maximum atomic E-state index is 15.3. The Balaban J connectivity index is 1.92. The van der Waals surface area contributed by atoms with Gasteiger partial charge in [-0.05, 0) is 39.7 Å². The van der Waals surface area contributed by atoms with Crippen molar-refractivity contribution >= 4 is 28.8 Å². The molecular weight excluding hydrogens is 433 g/mol. The number of rotatable bonds is 5. The summed E-state index contributed by atoms with van der Waals surface area (Å²) in [6, 6.07) is 1.53. The molecule has 1 unspecified atom stereocenters. The molecule has 1 amide bonds. The zero-order valence-electron chi connectivity index (χ0n) is 18.7. The van der Waals surface area contributed by atoms with Gasteiger partial charge in [-0.25, -0.2) is 14.4 Å². The number of benzene rings is 1. The van der Waals surface area contributed by atoms with Crippen molar-refractivity contribution in [3.8, 4) is 5.75 Å². The number of anilines is 1. The quantitative estimate of drug-likeness (QED) is 0.603. The fourth-order valence-electron chi connectivity index (χ4n) is 4.30. The van der Waals surface area contributed by atoms with Crippen molar-refractivity contribution in [2.75, 3.05) is 18.8 Å². The van der Waals surface area contributed by atoms with Gasteiger partial charge in [0.25, 0.3) is 5.91 Å². The third-order valence-corrected chi connectivity index (χ3v) is 6.07. The number of ether oxygens (including phenoxy) is 1. The average molecular weight is 460 g/mol. The number of carbonyl (C=O) groups excluding carboxylic acids is 1. The predicted molar refractivity (Wildman–Crippen MR) is 122 cm³/mol. The molecule has 1 saturated heterocycles. The van der Waals surface area contributed by atoms with Gasteiger partial charge in [0.05, 0.1) is 16.8 Å².